The van der Waals surface area contributed by atoms with Crippen LogP contribution < -0.4 is 20.1 Å². The van der Waals surface area contributed by atoms with Crippen molar-refractivity contribution in [2.24, 2.45) is 0 Å². The first-order chi connectivity index (χ1) is 13.6. The maximum Gasteiger partial charge on any atom is 0.163 e. The third kappa shape index (κ3) is 7.68. The molecule has 28 heavy (non-hydrogen) atoms. The number of halogens is 1. The van der Waals surface area contributed by atoms with Crippen molar-refractivity contribution in [3.63, 3.8) is 0 Å². The molecule has 2 rings (SSSR count). The van der Waals surface area contributed by atoms with Crippen molar-refractivity contribution < 1.29 is 14.6 Å². The number of aryl methyl sites for hydroxylation is 1. The van der Waals surface area contributed by atoms with Gasteiger partial charge in [0, 0.05) is 24.2 Å². The van der Waals surface area contributed by atoms with Gasteiger partial charge >= 0.3 is 0 Å². The van der Waals surface area contributed by atoms with Gasteiger partial charge in [-0.2, -0.15) is 0 Å². The zero-order valence-corrected chi connectivity index (χ0v) is 17.5. The molecule has 154 valence electrons. The lowest BCUT2D eigenvalue weighted by Crippen LogP contribution is -2.24. The van der Waals surface area contributed by atoms with Gasteiger partial charge in [-0.25, -0.2) is 0 Å². The summed E-state index contributed by atoms with van der Waals surface area (Å²) >= 11 is 6.47. The zero-order chi connectivity index (χ0) is 20.2. The van der Waals surface area contributed by atoms with Gasteiger partial charge < -0.3 is 25.2 Å². The maximum atomic E-state index is 8.74. The Kier molecular flexibility index (Phi) is 10.1. The first-order valence-electron chi connectivity index (χ1n) is 9.80. The van der Waals surface area contributed by atoms with Crippen molar-refractivity contribution in [3.05, 3.63) is 58.1 Å². The summed E-state index contributed by atoms with van der Waals surface area (Å²) in [6.45, 7) is 8.25. The molecule has 0 aromatic heterocycles. The van der Waals surface area contributed by atoms with Crippen LogP contribution in [0.4, 0.5) is 0 Å². The van der Waals surface area contributed by atoms with E-state index in [0.717, 1.165) is 30.6 Å². The second-order valence-electron chi connectivity index (χ2n) is 6.61. The third-order valence-electron chi connectivity index (χ3n) is 4.20. The highest BCUT2D eigenvalue weighted by molar-refractivity contribution is 6.31. The molecule has 0 amide bonds. The van der Waals surface area contributed by atoms with Gasteiger partial charge in [0.2, 0.25) is 0 Å². The topological polar surface area (TPSA) is 62.8 Å². The number of hydrogen-bond donors (Lipinski definition) is 3. The molecule has 0 saturated carbocycles. The molecule has 0 radical (unpaired) electrons. The molecular formula is C22H31ClN2O3. The van der Waals surface area contributed by atoms with Crippen LogP contribution in [0.25, 0.3) is 0 Å². The van der Waals surface area contributed by atoms with Gasteiger partial charge in [0.25, 0.3) is 0 Å². The minimum atomic E-state index is 0.168. The molecule has 0 fully saturated rings. The second kappa shape index (κ2) is 12.6. The van der Waals surface area contributed by atoms with E-state index in [2.05, 4.69) is 29.7 Å². The third-order valence-corrected chi connectivity index (χ3v) is 4.55. The molecular weight excluding hydrogens is 376 g/mol. The lowest BCUT2D eigenvalue weighted by molar-refractivity contribution is 0.269. The molecule has 0 heterocycles. The average Bonchev–Trinajstić information content (AvgIpc) is 2.68. The van der Waals surface area contributed by atoms with Crippen LogP contribution in [0.5, 0.6) is 11.5 Å². The van der Waals surface area contributed by atoms with E-state index in [1.807, 2.05) is 31.2 Å². The van der Waals surface area contributed by atoms with Crippen molar-refractivity contribution in [1.29, 1.82) is 0 Å². The fourth-order valence-corrected chi connectivity index (χ4v) is 3.04. The van der Waals surface area contributed by atoms with Gasteiger partial charge in [-0.3, -0.25) is 0 Å². The van der Waals surface area contributed by atoms with Gasteiger partial charge in [-0.15, -0.1) is 0 Å². The summed E-state index contributed by atoms with van der Waals surface area (Å²) in [5, 5.41) is 15.9. The summed E-state index contributed by atoms with van der Waals surface area (Å²) in [6, 6.07) is 12.0. The molecule has 3 N–H and O–H groups in total. The summed E-state index contributed by atoms with van der Waals surface area (Å²) in [7, 11) is 0. The molecule has 5 nitrogen and oxygen atoms in total. The van der Waals surface area contributed by atoms with E-state index in [0.29, 0.717) is 42.8 Å². The summed E-state index contributed by atoms with van der Waals surface area (Å²) in [5.74, 6) is 1.37. The largest absolute Gasteiger partial charge is 0.490 e. The summed E-state index contributed by atoms with van der Waals surface area (Å²) in [6.07, 6.45) is 0.980. The van der Waals surface area contributed by atoms with E-state index in [9.17, 15) is 0 Å². The van der Waals surface area contributed by atoms with E-state index in [-0.39, 0.29) is 6.61 Å². The van der Waals surface area contributed by atoms with Crippen LogP contribution in [0.15, 0.2) is 36.4 Å². The monoisotopic (exact) mass is 406 g/mol. The van der Waals surface area contributed by atoms with Crippen molar-refractivity contribution in [1.82, 2.24) is 10.6 Å². The highest BCUT2D eigenvalue weighted by Crippen LogP contribution is 2.34. The number of benzene rings is 2. The van der Waals surface area contributed by atoms with Gasteiger partial charge in [-0.1, -0.05) is 41.4 Å². The number of ether oxygens (including phenoxy) is 2. The molecule has 0 spiro atoms. The van der Waals surface area contributed by atoms with Gasteiger partial charge in [-0.05, 0) is 50.6 Å². The number of rotatable bonds is 13. The van der Waals surface area contributed by atoms with E-state index in [4.69, 9.17) is 26.2 Å². The molecule has 0 bridgehead atoms. The van der Waals surface area contributed by atoms with E-state index in [1.54, 1.807) is 0 Å². The van der Waals surface area contributed by atoms with Crippen molar-refractivity contribution in [2.45, 2.75) is 33.4 Å². The quantitative estimate of drug-likeness (QED) is 0.443. The molecule has 2 aromatic rings. The molecule has 0 unspecified atom stereocenters. The molecule has 0 aliphatic heterocycles. The average molecular weight is 407 g/mol. The van der Waals surface area contributed by atoms with E-state index >= 15 is 0 Å². The Bertz CT molecular complexity index is 725. The van der Waals surface area contributed by atoms with Crippen LogP contribution in [0.2, 0.25) is 5.02 Å². The summed E-state index contributed by atoms with van der Waals surface area (Å²) in [4.78, 5) is 0. The highest BCUT2D eigenvalue weighted by atomic mass is 35.5. The van der Waals surface area contributed by atoms with Crippen molar-refractivity contribution in [2.75, 3.05) is 32.8 Å². The van der Waals surface area contributed by atoms with Crippen LogP contribution in [-0.2, 0) is 13.2 Å². The van der Waals surface area contributed by atoms with Crippen LogP contribution in [0.3, 0.4) is 0 Å². The zero-order valence-electron chi connectivity index (χ0n) is 16.8. The van der Waals surface area contributed by atoms with Crippen molar-refractivity contribution >= 4 is 11.6 Å². The second-order valence-corrected chi connectivity index (χ2v) is 7.01. The van der Waals surface area contributed by atoms with Gasteiger partial charge in [0.1, 0.15) is 6.61 Å². The SMILES string of the molecule is CCOc1cc(CNCCCNCCO)c(Cl)cc1OCc1cccc(C)c1. The first-order valence-corrected chi connectivity index (χ1v) is 10.2. The Hall–Kier alpha value is -1.79. The fraction of sp³-hybridized carbons (Fsp3) is 0.455. The Morgan fingerprint density at radius 3 is 2.54 bits per heavy atom. The van der Waals surface area contributed by atoms with Crippen LogP contribution in [-0.4, -0.2) is 38.0 Å². The smallest absolute Gasteiger partial charge is 0.163 e. The Balaban J connectivity index is 1.94. The standard InChI is InChI=1S/C22H31ClN2O3/c1-3-27-21-13-19(15-25-9-5-8-24-10-11-26)20(23)14-22(21)28-16-18-7-4-6-17(2)12-18/h4,6-7,12-14,24-26H,3,5,8-11,15-16H2,1-2H3. The molecule has 0 aliphatic carbocycles. The Morgan fingerprint density at radius 2 is 1.79 bits per heavy atom. The first kappa shape index (κ1) is 22.5. The van der Waals surface area contributed by atoms with Gasteiger partial charge in [0.15, 0.2) is 11.5 Å². The van der Waals surface area contributed by atoms with E-state index < -0.39 is 0 Å². The minimum Gasteiger partial charge on any atom is -0.490 e. The number of nitrogens with one attached hydrogen (secondary N) is 2. The predicted molar refractivity (Wildman–Crippen MR) is 114 cm³/mol. The lowest BCUT2D eigenvalue weighted by atomic mass is 10.1. The molecule has 0 atom stereocenters. The number of aliphatic hydroxyl groups excluding tert-OH is 1. The Labute approximate surface area is 173 Å². The van der Waals surface area contributed by atoms with Crippen LogP contribution >= 0.6 is 11.6 Å². The van der Waals surface area contributed by atoms with Crippen LogP contribution in [0.1, 0.15) is 30.0 Å². The maximum absolute atomic E-state index is 8.74. The highest BCUT2D eigenvalue weighted by Gasteiger charge is 2.11. The number of hydrogen-bond acceptors (Lipinski definition) is 5. The Morgan fingerprint density at radius 1 is 1.00 bits per heavy atom. The van der Waals surface area contributed by atoms with Crippen molar-refractivity contribution in [3.8, 4) is 11.5 Å². The lowest BCUT2D eigenvalue weighted by Gasteiger charge is -2.15. The van der Waals surface area contributed by atoms with E-state index in [1.165, 1.54) is 5.56 Å². The van der Waals surface area contributed by atoms with Gasteiger partial charge in [0.05, 0.1) is 13.2 Å². The predicted octanol–water partition coefficient (Wildman–Crippen LogP) is 3.69. The fourth-order valence-electron chi connectivity index (χ4n) is 2.82. The summed E-state index contributed by atoms with van der Waals surface area (Å²) in [5.41, 5.74) is 3.30. The van der Waals surface area contributed by atoms with Crippen LogP contribution in [0, 0.1) is 6.92 Å². The molecule has 0 saturated heterocycles. The molecule has 6 heteroatoms. The summed E-state index contributed by atoms with van der Waals surface area (Å²) < 4.78 is 11.8. The normalized spacial score (nSPS) is 10.9. The molecule has 0 aliphatic rings. The number of aliphatic hydroxyl groups is 1. The molecule has 2 aromatic carbocycles. The minimum absolute atomic E-state index is 0.168.